The zero-order valence-electron chi connectivity index (χ0n) is 18.1. The Labute approximate surface area is 188 Å². The number of carbonyl (C=O) groups is 1. The number of thioether (sulfide) groups is 1. The van der Waals surface area contributed by atoms with E-state index in [2.05, 4.69) is 27.4 Å². The minimum Gasteiger partial charge on any atom is -0.369 e. The lowest BCUT2D eigenvalue weighted by Crippen LogP contribution is -2.26. The minimum atomic E-state index is -0.151. The maximum Gasteiger partial charge on any atom is 0.261 e. The molecule has 3 rings (SSSR count). The summed E-state index contributed by atoms with van der Waals surface area (Å²) in [6, 6.07) is 18.1. The average molecular weight is 437 g/mol. The standard InChI is InChI=1S/C24H28N4O2S/c1-25-13-12-22(19-9-5-4-6-10-19)30-17-18-8-7-11-21(14-18)28(2)23(29)20-15-26-24(31-3)27-16-20/h4-11,14-16,22,25H,12-13,17H2,1-3H3. The van der Waals surface area contributed by atoms with E-state index in [-0.39, 0.29) is 12.0 Å². The molecule has 7 heteroatoms. The Morgan fingerprint density at radius 3 is 2.55 bits per heavy atom. The van der Waals surface area contributed by atoms with Gasteiger partial charge in [-0.3, -0.25) is 4.79 Å². The molecule has 0 bridgehead atoms. The highest BCUT2D eigenvalue weighted by Gasteiger charge is 2.16. The largest absolute Gasteiger partial charge is 0.369 e. The van der Waals surface area contributed by atoms with Gasteiger partial charge >= 0.3 is 0 Å². The van der Waals surface area contributed by atoms with Gasteiger partial charge in [0.05, 0.1) is 18.3 Å². The van der Waals surface area contributed by atoms with Crippen LogP contribution in [0.25, 0.3) is 0 Å². The Kier molecular flexibility index (Phi) is 8.58. The van der Waals surface area contributed by atoms with Crippen molar-refractivity contribution in [2.75, 3.05) is 31.8 Å². The maximum atomic E-state index is 12.8. The second kappa shape index (κ2) is 11.6. The summed E-state index contributed by atoms with van der Waals surface area (Å²) < 4.78 is 6.26. The van der Waals surface area contributed by atoms with Crippen LogP contribution >= 0.6 is 11.8 Å². The van der Waals surface area contributed by atoms with Gasteiger partial charge < -0.3 is 15.0 Å². The van der Waals surface area contributed by atoms with Crippen LogP contribution in [0.3, 0.4) is 0 Å². The third-order valence-electron chi connectivity index (χ3n) is 4.94. The molecule has 6 nitrogen and oxygen atoms in total. The molecule has 2 aromatic carbocycles. The molecular formula is C24H28N4O2S. The Bertz CT molecular complexity index is 967. The Balaban J connectivity index is 1.69. The van der Waals surface area contributed by atoms with Crippen LogP contribution in [-0.4, -0.2) is 42.8 Å². The van der Waals surface area contributed by atoms with E-state index >= 15 is 0 Å². The molecule has 0 spiro atoms. The fourth-order valence-electron chi connectivity index (χ4n) is 3.18. The molecule has 1 heterocycles. The topological polar surface area (TPSA) is 67.3 Å². The number of nitrogens with zero attached hydrogens (tertiary/aromatic N) is 3. The molecule has 1 aromatic heterocycles. The summed E-state index contributed by atoms with van der Waals surface area (Å²) in [7, 11) is 3.70. The van der Waals surface area contributed by atoms with Crippen molar-refractivity contribution >= 4 is 23.4 Å². The van der Waals surface area contributed by atoms with Gasteiger partial charge in [0.15, 0.2) is 5.16 Å². The number of ether oxygens (including phenoxy) is 1. The highest BCUT2D eigenvalue weighted by Crippen LogP contribution is 2.24. The maximum absolute atomic E-state index is 12.8. The Morgan fingerprint density at radius 2 is 1.87 bits per heavy atom. The van der Waals surface area contributed by atoms with Gasteiger partial charge in [-0.25, -0.2) is 9.97 Å². The van der Waals surface area contributed by atoms with Crippen molar-refractivity contribution < 1.29 is 9.53 Å². The molecule has 1 amide bonds. The molecule has 0 saturated carbocycles. The van der Waals surface area contributed by atoms with Crippen molar-refractivity contribution in [3.05, 3.63) is 83.7 Å². The number of amides is 1. The lowest BCUT2D eigenvalue weighted by molar-refractivity contribution is 0.0344. The molecule has 1 atom stereocenters. The van der Waals surface area contributed by atoms with E-state index in [1.807, 2.05) is 55.8 Å². The summed E-state index contributed by atoms with van der Waals surface area (Å²) in [6.45, 7) is 1.33. The fraction of sp³-hybridized carbons (Fsp3) is 0.292. The van der Waals surface area contributed by atoms with Crippen molar-refractivity contribution in [3.8, 4) is 0 Å². The number of hydrogen-bond acceptors (Lipinski definition) is 6. The molecule has 0 fully saturated rings. The first-order chi connectivity index (χ1) is 15.1. The summed E-state index contributed by atoms with van der Waals surface area (Å²) in [5.41, 5.74) is 3.43. The summed E-state index contributed by atoms with van der Waals surface area (Å²) in [6.07, 6.45) is 5.92. The molecule has 0 saturated heterocycles. The van der Waals surface area contributed by atoms with Gasteiger partial charge in [-0.1, -0.05) is 54.2 Å². The van der Waals surface area contributed by atoms with Crippen LogP contribution in [0.2, 0.25) is 0 Å². The number of hydrogen-bond donors (Lipinski definition) is 1. The smallest absolute Gasteiger partial charge is 0.261 e. The van der Waals surface area contributed by atoms with Crippen LogP contribution in [0, 0.1) is 0 Å². The van der Waals surface area contributed by atoms with Crippen molar-refractivity contribution in [3.63, 3.8) is 0 Å². The zero-order valence-corrected chi connectivity index (χ0v) is 18.9. The van der Waals surface area contributed by atoms with Gasteiger partial charge in [-0.05, 0) is 49.5 Å². The molecule has 0 aliphatic rings. The van der Waals surface area contributed by atoms with Crippen LogP contribution in [0.5, 0.6) is 0 Å². The van der Waals surface area contributed by atoms with E-state index in [0.717, 1.165) is 29.8 Å². The zero-order chi connectivity index (χ0) is 22.1. The summed E-state index contributed by atoms with van der Waals surface area (Å²) >= 11 is 1.44. The monoisotopic (exact) mass is 436 g/mol. The highest BCUT2D eigenvalue weighted by molar-refractivity contribution is 7.98. The van der Waals surface area contributed by atoms with Gasteiger partial charge in [-0.2, -0.15) is 0 Å². The van der Waals surface area contributed by atoms with E-state index in [1.54, 1.807) is 24.3 Å². The van der Waals surface area contributed by atoms with Crippen molar-refractivity contribution in [2.24, 2.45) is 0 Å². The summed E-state index contributed by atoms with van der Waals surface area (Å²) in [5, 5.41) is 3.83. The molecule has 1 unspecified atom stereocenters. The lowest BCUT2D eigenvalue weighted by atomic mass is 10.1. The molecule has 1 N–H and O–H groups in total. The molecule has 0 aliphatic carbocycles. The normalized spacial score (nSPS) is 11.8. The van der Waals surface area contributed by atoms with Gasteiger partial charge in [-0.15, -0.1) is 0 Å². The van der Waals surface area contributed by atoms with Gasteiger partial charge in [0.2, 0.25) is 0 Å². The number of carbonyl (C=O) groups excluding carboxylic acids is 1. The highest BCUT2D eigenvalue weighted by atomic mass is 32.2. The van der Waals surface area contributed by atoms with E-state index in [1.165, 1.54) is 11.8 Å². The van der Waals surface area contributed by atoms with Crippen LogP contribution in [0.1, 0.15) is 34.0 Å². The van der Waals surface area contributed by atoms with Gasteiger partial charge in [0.25, 0.3) is 5.91 Å². The van der Waals surface area contributed by atoms with Crippen LogP contribution in [0.15, 0.2) is 72.1 Å². The lowest BCUT2D eigenvalue weighted by Gasteiger charge is -2.20. The second-order valence-corrected chi connectivity index (χ2v) is 7.87. The average Bonchev–Trinajstić information content (AvgIpc) is 2.84. The number of nitrogens with one attached hydrogen (secondary N) is 1. The van der Waals surface area contributed by atoms with E-state index in [9.17, 15) is 4.79 Å². The molecule has 31 heavy (non-hydrogen) atoms. The van der Waals surface area contributed by atoms with Crippen LogP contribution in [0.4, 0.5) is 5.69 Å². The first-order valence-electron chi connectivity index (χ1n) is 10.2. The third-order valence-corrected chi connectivity index (χ3v) is 5.52. The summed E-state index contributed by atoms with van der Waals surface area (Å²) in [5.74, 6) is -0.151. The predicted molar refractivity (Wildman–Crippen MR) is 126 cm³/mol. The Morgan fingerprint density at radius 1 is 1.13 bits per heavy atom. The van der Waals surface area contributed by atoms with Crippen molar-refractivity contribution in [1.82, 2.24) is 15.3 Å². The van der Waals surface area contributed by atoms with E-state index in [0.29, 0.717) is 17.3 Å². The van der Waals surface area contributed by atoms with E-state index < -0.39 is 0 Å². The fourth-order valence-corrected chi connectivity index (χ4v) is 3.50. The second-order valence-electron chi connectivity index (χ2n) is 7.10. The van der Waals surface area contributed by atoms with Gasteiger partial charge in [0, 0.05) is 25.1 Å². The van der Waals surface area contributed by atoms with Gasteiger partial charge in [0.1, 0.15) is 0 Å². The molecule has 0 radical (unpaired) electrons. The number of aromatic nitrogens is 2. The SMILES string of the molecule is CNCCC(OCc1cccc(N(C)C(=O)c2cnc(SC)nc2)c1)c1ccccc1. The van der Waals surface area contributed by atoms with E-state index in [4.69, 9.17) is 4.74 Å². The molecule has 162 valence electrons. The van der Waals surface area contributed by atoms with Crippen LogP contribution in [-0.2, 0) is 11.3 Å². The molecular weight excluding hydrogens is 408 g/mol. The van der Waals surface area contributed by atoms with Crippen molar-refractivity contribution in [2.45, 2.75) is 24.3 Å². The quantitative estimate of drug-likeness (QED) is 0.377. The number of anilines is 1. The number of rotatable bonds is 10. The molecule has 3 aromatic rings. The van der Waals surface area contributed by atoms with Crippen molar-refractivity contribution in [1.29, 1.82) is 0 Å². The Hall–Kier alpha value is -2.74. The predicted octanol–water partition coefficient (Wildman–Crippen LogP) is 4.34. The molecule has 0 aliphatic heterocycles. The third kappa shape index (κ3) is 6.37. The minimum absolute atomic E-state index is 0.00349. The van der Waals surface area contributed by atoms with Crippen LogP contribution < -0.4 is 10.2 Å². The first-order valence-corrected chi connectivity index (χ1v) is 11.4. The first kappa shape index (κ1) is 22.9. The summed E-state index contributed by atoms with van der Waals surface area (Å²) in [4.78, 5) is 22.8. The number of benzene rings is 2.